The van der Waals surface area contributed by atoms with Crippen LogP contribution in [-0.2, 0) is 28.6 Å². The van der Waals surface area contributed by atoms with E-state index in [1.165, 1.54) is 116 Å². The van der Waals surface area contributed by atoms with E-state index in [4.69, 9.17) is 14.2 Å². The predicted octanol–water partition coefficient (Wildman–Crippen LogP) is 19.9. The van der Waals surface area contributed by atoms with E-state index >= 15 is 0 Å². The smallest absolute Gasteiger partial charge is 0.306 e. The van der Waals surface area contributed by atoms with Crippen LogP contribution in [0.3, 0.4) is 0 Å². The molecule has 0 radical (unpaired) electrons. The van der Waals surface area contributed by atoms with E-state index in [1.807, 2.05) is 6.08 Å². The molecule has 0 rings (SSSR count). The van der Waals surface area contributed by atoms with E-state index in [-0.39, 0.29) is 37.5 Å². The highest BCUT2D eigenvalue weighted by atomic mass is 16.6. The normalized spacial score (nSPS) is 12.9. The lowest BCUT2D eigenvalue weighted by Gasteiger charge is -2.18. The van der Waals surface area contributed by atoms with Crippen LogP contribution in [-0.4, -0.2) is 37.2 Å². The Bertz CT molecular complexity index is 1460. The Balaban J connectivity index is 4.52. The maximum atomic E-state index is 12.9. The lowest BCUT2D eigenvalue weighted by atomic mass is 10.1. The molecule has 0 aromatic rings. The molecule has 0 saturated carbocycles. The summed E-state index contributed by atoms with van der Waals surface area (Å²) in [7, 11) is 0. The summed E-state index contributed by atoms with van der Waals surface area (Å²) in [6.45, 7) is 6.42. The molecule has 6 nitrogen and oxygen atoms in total. The number of hydrogen-bond acceptors (Lipinski definition) is 6. The summed E-state index contributed by atoms with van der Waals surface area (Å²) >= 11 is 0. The quantitative estimate of drug-likeness (QED) is 0.0261. The average Bonchev–Trinajstić information content (AvgIpc) is 3.37. The number of carbonyl (C=O) groups excluding carboxylic acids is 3. The van der Waals surface area contributed by atoms with Crippen molar-refractivity contribution in [2.45, 2.75) is 271 Å². The molecule has 1 atom stereocenters. The van der Waals surface area contributed by atoms with E-state index in [9.17, 15) is 14.4 Å². The lowest BCUT2D eigenvalue weighted by molar-refractivity contribution is -0.166. The summed E-state index contributed by atoms with van der Waals surface area (Å²) in [6.07, 6.45) is 79.5. The van der Waals surface area contributed by atoms with Crippen molar-refractivity contribution in [3.63, 3.8) is 0 Å². The molecule has 0 aliphatic rings. The highest BCUT2D eigenvalue weighted by Gasteiger charge is 2.19. The number of allylic oxidation sites excluding steroid dienone is 18. The van der Waals surface area contributed by atoms with Crippen LogP contribution in [0.5, 0.6) is 0 Å². The highest BCUT2D eigenvalue weighted by molar-refractivity contribution is 5.71. The number of unbranched alkanes of at least 4 members (excludes halogenated alkanes) is 23. The minimum absolute atomic E-state index is 0.110. The zero-order valence-electron chi connectivity index (χ0n) is 46.2. The molecule has 6 heteroatoms. The third-order valence-electron chi connectivity index (χ3n) is 12.2. The molecule has 1 unspecified atom stereocenters. The van der Waals surface area contributed by atoms with Gasteiger partial charge < -0.3 is 14.2 Å². The fourth-order valence-corrected chi connectivity index (χ4v) is 7.85. The van der Waals surface area contributed by atoms with Crippen LogP contribution in [0.25, 0.3) is 0 Å². The number of rotatable bonds is 52. The first-order valence-corrected chi connectivity index (χ1v) is 29.4. The standard InChI is InChI=1S/C65H108O6/c1-4-7-10-13-16-19-22-25-28-30-32-34-37-40-43-46-49-52-55-58-64(67)70-61-62(60-69-63(66)57-54-51-48-45-42-39-36-27-24-21-18-15-12-9-6-3)71-65(68)59-56-53-50-47-44-41-38-35-33-31-29-26-23-20-17-14-11-8-5-2/h7,10,16,18-19,21,25-29,32,34,36,40,43,49,52,62H,4-6,8-9,11-15,17,20,22-24,30-31,33,35,37-39,41-42,44-48,50-51,53-61H2,1-3H3/b10-7-,19-16-,21-18-,28-25-,29-26-,34-32-,36-27-,43-40-,52-49-. The van der Waals surface area contributed by atoms with Crippen molar-refractivity contribution in [2.24, 2.45) is 0 Å². The topological polar surface area (TPSA) is 78.9 Å². The van der Waals surface area contributed by atoms with Gasteiger partial charge >= 0.3 is 17.9 Å². The molecule has 0 aromatic carbocycles. The van der Waals surface area contributed by atoms with Gasteiger partial charge in [-0.3, -0.25) is 14.4 Å². The predicted molar refractivity (Wildman–Crippen MR) is 307 cm³/mol. The van der Waals surface area contributed by atoms with Crippen LogP contribution in [0.4, 0.5) is 0 Å². The second-order valence-corrected chi connectivity index (χ2v) is 19.2. The molecule has 0 aliphatic heterocycles. The average molecular weight is 986 g/mol. The van der Waals surface area contributed by atoms with Gasteiger partial charge in [0, 0.05) is 19.3 Å². The molecular formula is C65H108O6. The van der Waals surface area contributed by atoms with Gasteiger partial charge in [-0.2, -0.15) is 0 Å². The Morgan fingerprint density at radius 2 is 0.577 bits per heavy atom. The van der Waals surface area contributed by atoms with Gasteiger partial charge in [0.25, 0.3) is 0 Å². The van der Waals surface area contributed by atoms with Crippen molar-refractivity contribution < 1.29 is 28.6 Å². The minimum atomic E-state index is -0.818. The van der Waals surface area contributed by atoms with Crippen LogP contribution in [0.15, 0.2) is 109 Å². The van der Waals surface area contributed by atoms with E-state index in [2.05, 4.69) is 124 Å². The van der Waals surface area contributed by atoms with Crippen LogP contribution >= 0.6 is 0 Å². The molecule has 0 aliphatic carbocycles. The fourth-order valence-electron chi connectivity index (χ4n) is 7.85. The van der Waals surface area contributed by atoms with E-state index in [0.29, 0.717) is 19.3 Å². The Hall–Kier alpha value is -3.93. The summed E-state index contributed by atoms with van der Waals surface area (Å²) in [5.74, 6) is -1.01. The molecule has 71 heavy (non-hydrogen) atoms. The van der Waals surface area contributed by atoms with Gasteiger partial charge in [-0.25, -0.2) is 0 Å². The summed E-state index contributed by atoms with van der Waals surface area (Å²) in [5.41, 5.74) is 0. The van der Waals surface area contributed by atoms with Crippen LogP contribution in [0, 0.1) is 0 Å². The molecule has 0 saturated heterocycles. The Kier molecular flexibility index (Phi) is 55.4. The number of hydrogen-bond donors (Lipinski definition) is 0. The van der Waals surface area contributed by atoms with Crippen molar-refractivity contribution in [2.75, 3.05) is 13.2 Å². The summed E-state index contributed by atoms with van der Waals surface area (Å²) in [5, 5.41) is 0. The van der Waals surface area contributed by atoms with Gasteiger partial charge in [-0.05, 0) is 116 Å². The Morgan fingerprint density at radius 1 is 0.296 bits per heavy atom. The van der Waals surface area contributed by atoms with Crippen molar-refractivity contribution in [1.82, 2.24) is 0 Å². The van der Waals surface area contributed by atoms with Crippen LogP contribution in [0.1, 0.15) is 265 Å². The minimum Gasteiger partial charge on any atom is -0.462 e. The summed E-state index contributed by atoms with van der Waals surface area (Å²) < 4.78 is 16.8. The van der Waals surface area contributed by atoms with Crippen LogP contribution < -0.4 is 0 Å². The van der Waals surface area contributed by atoms with Gasteiger partial charge in [0.15, 0.2) is 6.10 Å². The van der Waals surface area contributed by atoms with Gasteiger partial charge in [0.1, 0.15) is 13.2 Å². The van der Waals surface area contributed by atoms with E-state index < -0.39 is 6.10 Å². The first kappa shape index (κ1) is 67.1. The molecule has 0 spiro atoms. The third kappa shape index (κ3) is 56.9. The van der Waals surface area contributed by atoms with Gasteiger partial charge in [0.2, 0.25) is 0 Å². The fraction of sp³-hybridized carbons (Fsp3) is 0.677. The maximum Gasteiger partial charge on any atom is 0.306 e. The summed E-state index contributed by atoms with van der Waals surface area (Å²) in [6, 6.07) is 0. The van der Waals surface area contributed by atoms with Crippen LogP contribution in [0.2, 0.25) is 0 Å². The molecule has 0 fully saturated rings. The second kappa shape index (κ2) is 58.6. The van der Waals surface area contributed by atoms with Crippen molar-refractivity contribution in [1.29, 1.82) is 0 Å². The molecule has 0 N–H and O–H groups in total. The second-order valence-electron chi connectivity index (χ2n) is 19.2. The van der Waals surface area contributed by atoms with Crippen molar-refractivity contribution in [3.05, 3.63) is 109 Å². The lowest BCUT2D eigenvalue weighted by Crippen LogP contribution is -2.30. The van der Waals surface area contributed by atoms with Gasteiger partial charge in [0.05, 0.1) is 0 Å². The van der Waals surface area contributed by atoms with Crippen molar-refractivity contribution in [3.8, 4) is 0 Å². The SMILES string of the molecule is CC/C=C\C/C=C\C/C=C\C/C=C\C/C=C\C/C=C\CCC(=O)OCC(COC(=O)CCCCCCC/C=C\C/C=C\CCCCC)OC(=O)CCCCCCCCCCC/C=C\CCCCCCCC. The first-order valence-electron chi connectivity index (χ1n) is 29.4. The van der Waals surface area contributed by atoms with Crippen molar-refractivity contribution >= 4 is 17.9 Å². The molecule has 404 valence electrons. The zero-order chi connectivity index (χ0) is 51.4. The molecule has 0 bridgehead atoms. The maximum absolute atomic E-state index is 12.9. The number of esters is 3. The number of ether oxygens (including phenoxy) is 3. The molecule has 0 aromatic heterocycles. The van der Waals surface area contributed by atoms with E-state index in [1.54, 1.807) is 0 Å². The van der Waals surface area contributed by atoms with E-state index in [0.717, 1.165) is 103 Å². The first-order chi connectivity index (χ1) is 35.0. The van der Waals surface area contributed by atoms with Gasteiger partial charge in [-0.15, -0.1) is 0 Å². The zero-order valence-corrected chi connectivity index (χ0v) is 46.2. The highest BCUT2D eigenvalue weighted by Crippen LogP contribution is 2.14. The Morgan fingerprint density at radius 3 is 0.986 bits per heavy atom. The largest absolute Gasteiger partial charge is 0.462 e. The monoisotopic (exact) mass is 985 g/mol. The Labute approximate surface area is 438 Å². The molecular weight excluding hydrogens is 877 g/mol. The van der Waals surface area contributed by atoms with Gasteiger partial charge in [-0.1, -0.05) is 239 Å². The number of carbonyl (C=O) groups is 3. The molecule has 0 amide bonds. The summed E-state index contributed by atoms with van der Waals surface area (Å²) in [4.78, 5) is 38.2. The molecule has 0 heterocycles. The third-order valence-corrected chi connectivity index (χ3v) is 12.2.